The Morgan fingerprint density at radius 3 is 2.95 bits per heavy atom. The summed E-state index contributed by atoms with van der Waals surface area (Å²) in [4.78, 5) is 7.01. The van der Waals surface area contributed by atoms with Crippen molar-refractivity contribution in [1.82, 2.24) is 19.9 Å². The van der Waals surface area contributed by atoms with Crippen molar-refractivity contribution in [2.24, 2.45) is 0 Å². The lowest BCUT2D eigenvalue weighted by molar-refractivity contribution is 0.374. The third-order valence-corrected chi connectivity index (χ3v) is 3.95. The molecule has 1 saturated heterocycles. The van der Waals surface area contributed by atoms with Crippen LogP contribution in [0.25, 0.3) is 5.65 Å². The highest BCUT2D eigenvalue weighted by Gasteiger charge is 2.28. The molecule has 5 heteroatoms. The van der Waals surface area contributed by atoms with Gasteiger partial charge < -0.3 is 10.2 Å². The number of piperazine rings is 1. The van der Waals surface area contributed by atoms with Gasteiger partial charge in [0, 0.05) is 31.4 Å². The Hall–Kier alpha value is -1.62. The van der Waals surface area contributed by atoms with Crippen molar-refractivity contribution < 1.29 is 0 Å². The molecule has 0 radical (unpaired) electrons. The average molecular weight is 259 g/mol. The van der Waals surface area contributed by atoms with Gasteiger partial charge in [0.25, 0.3) is 0 Å². The summed E-state index contributed by atoms with van der Waals surface area (Å²) in [6.07, 6.45) is 4.20. The molecule has 102 valence electrons. The van der Waals surface area contributed by atoms with Gasteiger partial charge in [-0.3, -0.25) is 0 Å². The first-order chi connectivity index (χ1) is 9.31. The lowest BCUT2D eigenvalue weighted by atomic mass is 10.1. The summed E-state index contributed by atoms with van der Waals surface area (Å²) in [7, 11) is 0. The van der Waals surface area contributed by atoms with Crippen molar-refractivity contribution in [2.75, 3.05) is 18.0 Å². The molecule has 2 unspecified atom stereocenters. The fourth-order valence-corrected chi connectivity index (χ4v) is 2.69. The normalized spacial score (nSPS) is 24.0. The molecule has 2 atom stereocenters. The molecule has 0 bridgehead atoms. The maximum absolute atomic E-state index is 4.65. The summed E-state index contributed by atoms with van der Waals surface area (Å²) >= 11 is 0. The summed E-state index contributed by atoms with van der Waals surface area (Å²) < 4.78 is 1.85. The van der Waals surface area contributed by atoms with E-state index >= 15 is 0 Å². The van der Waals surface area contributed by atoms with Gasteiger partial charge in [-0.15, -0.1) is 5.10 Å². The molecule has 0 aromatic carbocycles. The quantitative estimate of drug-likeness (QED) is 0.911. The summed E-state index contributed by atoms with van der Waals surface area (Å²) in [6.45, 7) is 6.46. The number of fused-ring (bicyclic) bond motifs is 1. The number of hydrogen-bond donors (Lipinski definition) is 1. The van der Waals surface area contributed by atoms with Crippen molar-refractivity contribution in [3.8, 4) is 0 Å². The molecule has 2 aromatic heterocycles. The second kappa shape index (κ2) is 5.17. The van der Waals surface area contributed by atoms with Crippen LogP contribution in [0.4, 0.5) is 5.95 Å². The van der Waals surface area contributed by atoms with E-state index in [9.17, 15) is 0 Å². The van der Waals surface area contributed by atoms with Crippen LogP contribution in [0.15, 0.2) is 24.4 Å². The highest BCUT2D eigenvalue weighted by atomic mass is 15.4. The summed E-state index contributed by atoms with van der Waals surface area (Å²) in [6, 6.07) is 7.00. The molecule has 0 aliphatic carbocycles. The first kappa shape index (κ1) is 12.4. The van der Waals surface area contributed by atoms with Gasteiger partial charge in [0.2, 0.25) is 5.95 Å². The van der Waals surface area contributed by atoms with E-state index in [-0.39, 0.29) is 0 Å². The van der Waals surface area contributed by atoms with Crippen LogP contribution in [0.5, 0.6) is 0 Å². The molecule has 3 heterocycles. The maximum atomic E-state index is 4.65. The number of nitrogens with one attached hydrogen (secondary N) is 1. The summed E-state index contributed by atoms with van der Waals surface area (Å²) in [5.41, 5.74) is 0.916. The third kappa shape index (κ3) is 2.30. The van der Waals surface area contributed by atoms with E-state index in [0.717, 1.165) is 37.5 Å². The Kier molecular flexibility index (Phi) is 3.38. The summed E-state index contributed by atoms with van der Waals surface area (Å²) in [5, 5.41) is 8.21. The number of rotatable bonds is 3. The van der Waals surface area contributed by atoms with Gasteiger partial charge in [0.05, 0.1) is 0 Å². The molecule has 3 rings (SSSR count). The zero-order chi connectivity index (χ0) is 13.2. The van der Waals surface area contributed by atoms with E-state index in [1.807, 2.05) is 28.9 Å². The van der Waals surface area contributed by atoms with Crippen molar-refractivity contribution in [1.29, 1.82) is 0 Å². The fourth-order valence-electron chi connectivity index (χ4n) is 2.69. The predicted molar refractivity (Wildman–Crippen MR) is 76.5 cm³/mol. The molecular formula is C14H21N5. The van der Waals surface area contributed by atoms with Crippen LogP contribution in [0.2, 0.25) is 0 Å². The standard InChI is InChI=1S/C14H21N5/c1-3-11-10-18(12(4-2)9-15-11)14-16-13-7-5-6-8-19(13)17-14/h5-8,11-12,15H,3-4,9-10H2,1-2H3. The summed E-state index contributed by atoms with van der Waals surface area (Å²) in [5.74, 6) is 0.859. The van der Waals surface area contributed by atoms with E-state index in [1.165, 1.54) is 0 Å². The van der Waals surface area contributed by atoms with Gasteiger partial charge in [0.15, 0.2) is 5.65 Å². The monoisotopic (exact) mass is 259 g/mol. The van der Waals surface area contributed by atoms with Gasteiger partial charge >= 0.3 is 0 Å². The van der Waals surface area contributed by atoms with Crippen LogP contribution in [0.1, 0.15) is 26.7 Å². The molecule has 0 spiro atoms. The Bertz CT molecular complexity index is 517. The first-order valence-electron chi connectivity index (χ1n) is 7.13. The zero-order valence-corrected chi connectivity index (χ0v) is 11.6. The van der Waals surface area contributed by atoms with Crippen LogP contribution < -0.4 is 10.2 Å². The van der Waals surface area contributed by atoms with Crippen molar-refractivity contribution in [2.45, 2.75) is 38.8 Å². The first-order valence-corrected chi connectivity index (χ1v) is 7.13. The largest absolute Gasteiger partial charge is 0.334 e. The van der Waals surface area contributed by atoms with Crippen molar-refractivity contribution >= 4 is 11.6 Å². The lowest BCUT2D eigenvalue weighted by Crippen LogP contribution is -2.56. The Labute approximate surface area is 113 Å². The van der Waals surface area contributed by atoms with Crippen LogP contribution in [-0.2, 0) is 0 Å². The highest BCUT2D eigenvalue weighted by Crippen LogP contribution is 2.19. The minimum absolute atomic E-state index is 0.486. The third-order valence-electron chi connectivity index (χ3n) is 3.95. The van der Waals surface area contributed by atoms with E-state index in [4.69, 9.17) is 0 Å². The average Bonchev–Trinajstić information content (AvgIpc) is 2.90. The molecule has 1 aliphatic heterocycles. The molecule has 1 N–H and O–H groups in total. The molecule has 1 fully saturated rings. The Morgan fingerprint density at radius 1 is 1.32 bits per heavy atom. The van der Waals surface area contributed by atoms with Crippen LogP contribution in [0.3, 0.4) is 0 Å². The van der Waals surface area contributed by atoms with Gasteiger partial charge in [-0.2, -0.15) is 4.98 Å². The van der Waals surface area contributed by atoms with E-state index in [1.54, 1.807) is 0 Å². The predicted octanol–water partition coefficient (Wildman–Crippen LogP) is 1.70. The van der Waals surface area contributed by atoms with Gasteiger partial charge in [-0.1, -0.05) is 19.9 Å². The Morgan fingerprint density at radius 2 is 2.21 bits per heavy atom. The number of anilines is 1. The van der Waals surface area contributed by atoms with Gasteiger partial charge in [-0.25, -0.2) is 4.52 Å². The van der Waals surface area contributed by atoms with Crippen LogP contribution >= 0.6 is 0 Å². The lowest BCUT2D eigenvalue weighted by Gasteiger charge is -2.39. The maximum Gasteiger partial charge on any atom is 0.246 e. The zero-order valence-electron chi connectivity index (χ0n) is 11.6. The molecule has 5 nitrogen and oxygen atoms in total. The van der Waals surface area contributed by atoms with Crippen molar-refractivity contribution in [3.63, 3.8) is 0 Å². The number of pyridine rings is 1. The van der Waals surface area contributed by atoms with E-state index in [2.05, 4.69) is 34.1 Å². The minimum Gasteiger partial charge on any atom is -0.334 e. The highest BCUT2D eigenvalue weighted by molar-refractivity contribution is 5.45. The Balaban J connectivity index is 1.92. The van der Waals surface area contributed by atoms with Gasteiger partial charge in [-0.05, 0) is 25.0 Å². The number of hydrogen-bond acceptors (Lipinski definition) is 4. The SMILES string of the molecule is CCC1CN(c2nc3ccccn3n2)C(CC)CN1. The number of nitrogens with zero attached hydrogens (tertiary/aromatic N) is 4. The van der Waals surface area contributed by atoms with Gasteiger partial charge in [0.1, 0.15) is 0 Å². The molecule has 2 aromatic rings. The molecule has 0 saturated carbocycles. The van der Waals surface area contributed by atoms with E-state index < -0.39 is 0 Å². The minimum atomic E-state index is 0.486. The number of aromatic nitrogens is 3. The second-order valence-electron chi connectivity index (χ2n) is 5.14. The topological polar surface area (TPSA) is 45.5 Å². The molecule has 19 heavy (non-hydrogen) atoms. The van der Waals surface area contributed by atoms with Crippen LogP contribution in [-0.4, -0.2) is 39.8 Å². The smallest absolute Gasteiger partial charge is 0.246 e. The molecular weight excluding hydrogens is 238 g/mol. The second-order valence-corrected chi connectivity index (χ2v) is 5.14. The van der Waals surface area contributed by atoms with Crippen LogP contribution in [0, 0.1) is 0 Å². The van der Waals surface area contributed by atoms with Crippen molar-refractivity contribution in [3.05, 3.63) is 24.4 Å². The molecule has 1 aliphatic rings. The van der Waals surface area contributed by atoms with E-state index in [0.29, 0.717) is 12.1 Å². The molecule has 0 amide bonds. The fraction of sp³-hybridized carbons (Fsp3) is 0.571.